The van der Waals surface area contributed by atoms with Gasteiger partial charge < -0.3 is 10.2 Å². The molecule has 1 heterocycles. The maximum Gasteiger partial charge on any atom is 0.317 e. The van der Waals surface area contributed by atoms with E-state index in [1.165, 1.54) is 44.1 Å². The van der Waals surface area contributed by atoms with Crippen LogP contribution in [0, 0.1) is 0 Å². The summed E-state index contributed by atoms with van der Waals surface area (Å²) in [5, 5.41) is 3.80. The molecular formula is C20H30ClN3O. The third-order valence-corrected chi connectivity index (χ3v) is 5.80. The number of piperazine rings is 1. The van der Waals surface area contributed by atoms with Crippen LogP contribution in [-0.2, 0) is 6.42 Å². The predicted octanol–water partition coefficient (Wildman–Crippen LogP) is 3.93. The smallest absolute Gasteiger partial charge is 0.317 e. The van der Waals surface area contributed by atoms with E-state index in [0.717, 1.165) is 43.7 Å². The Kier molecular flexibility index (Phi) is 7.00. The number of halogens is 1. The number of carbonyl (C=O) groups excluding carboxylic acids is 1. The molecule has 1 saturated heterocycles. The number of rotatable bonds is 4. The summed E-state index contributed by atoms with van der Waals surface area (Å²) in [6, 6.07) is 8.64. The van der Waals surface area contributed by atoms with E-state index in [9.17, 15) is 4.79 Å². The third-order valence-electron chi connectivity index (χ3n) is 5.55. The first-order valence-electron chi connectivity index (χ1n) is 9.73. The summed E-state index contributed by atoms with van der Waals surface area (Å²) in [7, 11) is 0. The molecule has 1 N–H and O–H groups in total. The molecule has 25 heavy (non-hydrogen) atoms. The highest BCUT2D eigenvalue weighted by Crippen LogP contribution is 2.22. The number of benzene rings is 1. The maximum atomic E-state index is 12.4. The first kappa shape index (κ1) is 18.5. The first-order valence-corrected chi connectivity index (χ1v) is 10.1. The average molecular weight is 364 g/mol. The van der Waals surface area contributed by atoms with Crippen molar-refractivity contribution in [3.05, 3.63) is 34.9 Å². The van der Waals surface area contributed by atoms with Crippen molar-refractivity contribution in [2.24, 2.45) is 0 Å². The number of nitrogens with zero attached hydrogens (tertiary/aromatic N) is 2. The van der Waals surface area contributed by atoms with Crippen LogP contribution in [0.5, 0.6) is 0 Å². The molecule has 1 aromatic rings. The van der Waals surface area contributed by atoms with Gasteiger partial charge in [-0.3, -0.25) is 4.90 Å². The average Bonchev–Trinajstić information content (AvgIpc) is 2.93. The lowest BCUT2D eigenvalue weighted by Crippen LogP contribution is -2.54. The molecule has 3 rings (SSSR count). The Morgan fingerprint density at radius 1 is 1.00 bits per heavy atom. The van der Waals surface area contributed by atoms with Crippen molar-refractivity contribution in [2.45, 2.75) is 51.0 Å². The van der Waals surface area contributed by atoms with Crippen molar-refractivity contribution >= 4 is 17.6 Å². The van der Waals surface area contributed by atoms with E-state index in [1.807, 2.05) is 29.2 Å². The van der Waals surface area contributed by atoms with Crippen LogP contribution in [0.3, 0.4) is 0 Å². The fraction of sp³-hybridized carbons (Fsp3) is 0.650. The van der Waals surface area contributed by atoms with Crippen LogP contribution in [0.25, 0.3) is 0 Å². The minimum absolute atomic E-state index is 0.0782. The van der Waals surface area contributed by atoms with Gasteiger partial charge in [-0.25, -0.2) is 4.79 Å². The Hall–Kier alpha value is -1.26. The number of nitrogens with one attached hydrogen (secondary N) is 1. The fourth-order valence-corrected chi connectivity index (χ4v) is 4.12. The van der Waals surface area contributed by atoms with Crippen molar-refractivity contribution in [3.8, 4) is 0 Å². The second kappa shape index (κ2) is 9.44. The molecule has 2 amide bonds. The van der Waals surface area contributed by atoms with E-state index < -0.39 is 0 Å². The highest BCUT2D eigenvalue weighted by Gasteiger charge is 2.26. The van der Waals surface area contributed by atoms with Crippen LogP contribution < -0.4 is 5.32 Å². The first-order chi connectivity index (χ1) is 12.2. The molecule has 1 aliphatic carbocycles. The summed E-state index contributed by atoms with van der Waals surface area (Å²) in [6.45, 7) is 4.42. The number of amides is 2. The molecule has 4 nitrogen and oxygen atoms in total. The van der Waals surface area contributed by atoms with Gasteiger partial charge in [0.05, 0.1) is 0 Å². The van der Waals surface area contributed by atoms with Crippen LogP contribution in [0.2, 0.25) is 5.02 Å². The molecule has 1 aromatic carbocycles. The lowest BCUT2D eigenvalue weighted by atomic mass is 10.1. The minimum Gasteiger partial charge on any atom is -0.338 e. The van der Waals surface area contributed by atoms with Crippen LogP contribution in [-0.4, -0.2) is 54.6 Å². The molecule has 0 atom stereocenters. The Bertz CT molecular complexity index is 532. The zero-order chi connectivity index (χ0) is 17.5. The molecule has 2 fully saturated rings. The largest absolute Gasteiger partial charge is 0.338 e. The van der Waals surface area contributed by atoms with E-state index in [1.54, 1.807) is 0 Å². The summed E-state index contributed by atoms with van der Waals surface area (Å²) < 4.78 is 0. The molecule has 0 bridgehead atoms. The summed E-state index contributed by atoms with van der Waals surface area (Å²) in [5.74, 6) is 0. The van der Waals surface area contributed by atoms with Crippen LogP contribution in [0.4, 0.5) is 4.79 Å². The Labute approximate surface area is 156 Å². The van der Waals surface area contributed by atoms with E-state index in [-0.39, 0.29) is 6.03 Å². The van der Waals surface area contributed by atoms with E-state index >= 15 is 0 Å². The quantitative estimate of drug-likeness (QED) is 0.822. The molecule has 2 aliphatic rings. The van der Waals surface area contributed by atoms with Gasteiger partial charge in [-0.2, -0.15) is 0 Å². The number of carbonyl (C=O) groups is 1. The van der Waals surface area contributed by atoms with Gasteiger partial charge in [0.15, 0.2) is 0 Å². The van der Waals surface area contributed by atoms with Crippen LogP contribution >= 0.6 is 11.6 Å². The predicted molar refractivity (Wildman–Crippen MR) is 103 cm³/mol. The van der Waals surface area contributed by atoms with Crippen LogP contribution in [0.15, 0.2) is 24.3 Å². The zero-order valence-electron chi connectivity index (χ0n) is 15.1. The Morgan fingerprint density at radius 2 is 1.64 bits per heavy atom. The van der Waals surface area contributed by atoms with Crippen molar-refractivity contribution in [1.29, 1.82) is 0 Å². The van der Waals surface area contributed by atoms with Gasteiger partial charge in [-0.15, -0.1) is 0 Å². The van der Waals surface area contributed by atoms with Crippen molar-refractivity contribution in [1.82, 2.24) is 15.1 Å². The Morgan fingerprint density at radius 3 is 2.28 bits per heavy atom. The van der Waals surface area contributed by atoms with Gasteiger partial charge >= 0.3 is 6.03 Å². The van der Waals surface area contributed by atoms with Gasteiger partial charge in [-0.05, 0) is 37.0 Å². The second-order valence-corrected chi connectivity index (χ2v) is 7.71. The van der Waals surface area contributed by atoms with E-state index in [4.69, 9.17) is 11.6 Å². The van der Waals surface area contributed by atoms with Crippen molar-refractivity contribution in [2.75, 3.05) is 32.7 Å². The van der Waals surface area contributed by atoms with Gasteiger partial charge in [0, 0.05) is 43.8 Å². The topological polar surface area (TPSA) is 35.6 Å². The van der Waals surface area contributed by atoms with E-state index in [2.05, 4.69) is 10.2 Å². The van der Waals surface area contributed by atoms with Crippen LogP contribution in [0.1, 0.15) is 44.1 Å². The summed E-state index contributed by atoms with van der Waals surface area (Å²) >= 11 is 5.89. The van der Waals surface area contributed by atoms with Crippen molar-refractivity contribution < 1.29 is 4.79 Å². The third kappa shape index (κ3) is 5.61. The number of urea groups is 1. The summed E-state index contributed by atoms with van der Waals surface area (Å²) in [6.07, 6.45) is 9.05. The highest BCUT2D eigenvalue weighted by molar-refractivity contribution is 6.30. The van der Waals surface area contributed by atoms with Gasteiger partial charge in [0.1, 0.15) is 0 Å². The summed E-state index contributed by atoms with van der Waals surface area (Å²) in [5.41, 5.74) is 1.20. The monoisotopic (exact) mass is 363 g/mol. The lowest BCUT2D eigenvalue weighted by Gasteiger charge is -2.39. The van der Waals surface area contributed by atoms with Gasteiger partial charge in [0.25, 0.3) is 0 Å². The zero-order valence-corrected chi connectivity index (χ0v) is 15.8. The fourth-order valence-electron chi connectivity index (χ4n) is 3.99. The Balaban J connectivity index is 1.37. The highest BCUT2D eigenvalue weighted by atomic mass is 35.5. The lowest BCUT2D eigenvalue weighted by molar-refractivity contribution is 0.101. The molecular weight excluding hydrogens is 334 g/mol. The normalized spacial score (nSPS) is 20.3. The maximum absolute atomic E-state index is 12.4. The van der Waals surface area contributed by atoms with Gasteiger partial charge in [-0.1, -0.05) is 49.4 Å². The van der Waals surface area contributed by atoms with Gasteiger partial charge in [0.2, 0.25) is 0 Å². The molecule has 138 valence electrons. The minimum atomic E-state index is 0.0782. The molecule has 0 radical (unpaired) electrons. The van der Waals surface area contributed by atoms with Crippen molar-refractivity contribution in [3.63, 3.8) is 0 Å². The SMILES string of the molecule is O=C(NCCc1ccc(Cl)cc1)N1CCN(C2CCCCCC2)CC1. The molecule has 1 saturated carbocycles. The number of hydrogen-bond donors (Lipinski definition) is 1. The molecule has 0 unspecified atom stereocenters. The molecule has 1 aliphatic heterocycles. The standard InChI is InChI=1S/C20H30ClN3O/c21-18-9-7-17(8-10-18)11-12-22-20(25)24-15-13-23(14-16-24)19-5-3-1-2-4-6-19/h7-10,19H,1-6,11-16H2,(H,22,25). The molecule has 5 heteroatoms. The number of hydrogen-bond acceptors (Lipinski definition) is 2. The van der Waals surface area contributed by atoms with E-state index in [0.29, 0.717) is 6.54 Å². The molecule has 0 spiro atoms. The summed E-state index contributed by atoms with van der Waals surface area (Å²) in [4.78, 5) is 16.9. The molecule has 0 aromatic heterocycles. The second-order valence-electron chi connectivity index (χ2n) is 7.28.